The molecule has 0 aliphatic carbocycles. The predicted molar refractivity (Wildman–Crippen MR) is 89.8 cm³/mol. The maximum absolute atomic E-state index is 11.7. The van der Waals surface area contributed by atoms with Crippen molar-refractivity contribution in [2.75, 3.05) is 13.1 Å². The number of rotatable bonds is 6. The molecule has 0 bridgehead atoms. The maximum atomic E-state index is 11.7. The molecule has 0 heterocycles. The van der Waals surface area contributed by atoms with Crippen LogP contribution in [0.25, 0.3) is 0 Å². The summed E-state index contributed by atoms with van der Waals surface area (Å²) in [4.78, 5) is 49.0. The lowest BCUT2D eigenvalue weighted by Gasteiger charge is -2.28. The van der Waals surface area contributed by atoms with Crippen LogP contribution >= 0.6 is 0 Å². The van der Waals surface area contributed by atoms with Gasteiger partial charge in [0, 0.05) is 40.8 Å². The van der Waals surface area contributed by atoms with Crippen LogP contribution in [0.1, 0.15) is 33.3 Å². The van der Waals surface area contributed by atoms with Gasteiger partial charge in [-0.15, -0.1) is 0 Å². The Hall–Kier alpha value is -2.50. The van der Waals surface area contributed by atoms with E-state index in [1.165, 1.54) is 27.7 Å². The van der Waals surface area contributed by atoms with Gasteiger partial charge < -0.3 is 0 Å². The topological polar surface area (TPSA) is 74.8 Å². The lowest BCUT2D eigenvalue weighted by molar-refractivity contribution is -0.143. The molecule has 4 amide bonds. The van der Waals surface area contributed by atoms with Gasteiger partial charge in [0.1, 0.15) is 0 Å². The summed E-state index contributed by atoms with van der Waals surface area (Å²) in [5.74, 6) is -1.63. The second-order valence-electron chi connectivity index (χ2n) is 5.85. The molecule has 0 aromatic heterocycles. The number of carbonyl (C=O) groups excluding carboxylic acids is 4. The van der Waals surface area contributed by atoms with E-state index in [-0.39, 0.29) is 42.6 Å². The van der Waals surface area contributed by atoms with Crippen molar-refractivity contribution in [3.63, 3.8) is 0 Å². The zero-order valence-electron chi connectivity index (χ0n) is 14.6. The van der Waals surface area contributed by atoms with Gasteiger partial charge in [0.25, 0.3) is 0 Å². The maximum Gasteiger partial charge on any atom is 0.226 e. The average Bonchev–Trinajstić information content (AvgIpc) is 2.49. The van der Waals surface area contributed by atoms with E-state index in [9.17, 15) is 19.2 Å². The highest BCUT2D eigenvalue weighted by Gasteiger charge is 2.25. The molecule has 1 aromatic carbocycles. The molecule has 0 unspecified atom stereocenters. The number of hydrogen-bond donors (Lipinski definition) is 0. The number of nitrogens with zero attached hydrogens (tertiary/aromatic N) is 2. The second kappa shape index (κ2) is 8.96. The Balaban J connectivity index is 3.01. The molecule has 0 saturated heterocycles. The first-order valence-corrected chi connectivity index (χ1v) is 7.83. The minimum absolute atomic E-state index is 0.163. The van der Waals surface area contributed by atoms with Crippen LogP contribution < -0.4 is 0 Å². The fourth-order valence-electron chi connectivity index (χ4n) is 2.61. The van der Waals surface area contributed by atoms with Crippen LogP contribution in [0.3, 0.4) is 0 Å². The Labute approximate surface area is 142 Å². The summed E-state index contributed by atoms with van der Waals surface area (Å²) in [6.45, 7) is 5.64. The van der Waals surface area contributed by atoms with Crippen LogP contribution in [0.5, 0.6) is 0 Å². The number of benzene rings is 1. The number of amides is 4. The molecule has 0 aliphatic heterocycles. The van der Waals surface area contributed by atoms with E-state index in [1.54, 1.807) is 0 Å². The molecular formula is C18H24N2O4. The van der Waals surface area contributed by atoms with Crippen molar-refractivity contribution < 1.29 is 19.2 Å². The van der Waals surface area contributed by atoms with Gasteiger partial charge in [0.15, 0.2) is 0 Å². The third kappa shape index (κ3) is 5.95. The minimum atomic E-state index is -0.349. The summed E-state index contributed by atoms with van der Waals surface area (Å²) >= 11 is 0. The van der Waals surface area contributed by atoms with Gasteiger partial charge >= 0.3 is 0 Å². The first-order valence-electron chi connectivity index (χ1n) is 7.83. The summed E-state index contributed by atoms with van der Waals surface area (Å²) in [7, 11) is 0. The normalized spacial score (nSPS) is 10.4. The van der Waals surface area contributed by atoms with E-state index in [2.05, 4.69) is 0 Å². The molecule has 24 heavy (non-hydrogen) atoms. The van der Waals surface area contributed by atoms with E-state index in [4.69, 9.17) is 0 Å². The Morgan fingerprint density at radius 2 is 1.12 bits per heavy atom. The Morgan fingerprint density at radius 3 is 1.46 bits per heavy atom. The van der Waals surface area contributed by atoms with Crippen molar-refractivity contribution in [2.45, 2.75) is 34.1 Å². The van der Waals surface area contributed by atoms with Gasteiger partial charge in [-0.05, 0) is 17.9 Å². The summed E-state index contributed by atoms with van der Waals surface area (Å²) in [5.41, 5.74) is 1.02. The zero-order chi connectivity index (χ0) is 18.3. The Bertz CT molecular complexity index is 551. The molecule has 0 atom stereocenters. The molecule has 6 heteroatoms. The molecule has 1 rings (SSSR count). The van der Waals surface area contributed by atoms with Gasteiger partial charge in [-0.25, -0.2) is 0 Å². The van der Waals surface area contributed by atoms with Crippen LogP contribution in [0.15, 0.2) is 30.3 Å². The quantitative estimate of drug-likeness (QED) is 0.793. The molecule has 0 aliphatic rings. The summed E-state index contributed by atoms with van der Waals surface area (Å²) in [5, 5.41) is 0. The van der Waals surface area contributed by atoms with Crippen LogP contribution in [-0.4, -0.2) is 46.5 Å². The van der Waals surface area contributed by atoms with Gasteiger partial charge in [-0.2, -0.15) is 0 Å². The summed E-state index contributed by atoms with van der Waals surface area (Å²) < 4.78 is 0. The lowest BCUT2D eigenvalue weighted by Crippen LogP contribution is -2.44. The summed E-state index contributed by atoms with van der Waals surface area (Å²) in [6.07, 6.45) is 0.551. The molecular weight excluding hydrogens is 308 g/mol. The van der Waals surface area contributed by atoms with E-state index in [0.29, 0.717) is 6.42 Å². The zero-order valence-corrected chi connectivity index (χ0v) is 14.6. The largest absolute Gasteiger partial charge is 0.283 e. The van der Waals surface area contributed by atoms with E-state index in [1.807, 2.05) is 30.3 Å². The van der Waals surface area contributed by atoms with Gasteiger partial charge in [-0.3, -0.25) is 29.0 Å². The molecule has 0 N–H and O–H groups in total. The van der Waals surface area contributed by atoms with Crippen molar-refractivity contribution in [2.24, 2.45) is 5.92 Å². The fraction of sp³-hybridized carbons (Fsp3) is 0.444. The highest BCUT2D eigenvalue weighted by Crippen LogP contribution is 2.14. The van der Waals surface area contributed by atoms with Gasteiger partial charge in [0.2, 0.25) is 23.6 Å². The monoisotopic (exact) mass is 332 g/mol. The Kier molecular flexibility index (Phi) is 7.30. The highest BCUT2D eigenvalue weighted by molar-refractivity contribution is 5.93. The van der Waals surface area contributed by atoms with Crippen LogP contribution in [-0.2, 0) is 25.6 Å². The smallest absolute Gasteiger partial charge is 0.226 e. The molecule has 0 saturated carbocycles. The van der Waals surface area contributed by atoms with Crippen LogP contribution in [0.4, 0.5) is 0 Å². The van der Waals surface area contributed by atoms with Crippen molar-refractivity contribution in [1.29, 1.82) is 0 Å². The number of carbonyl (C=O) groups is 4. The van der Waals surface area contributed by atoms with E-state index < -0.39 is 0 Å². The molecule has 6 nitrogen and oxygen atoms in total. The summed E-state index contributed by atoms with van der Waals surface area (Å²) in [6, 6.07) is 9.56. The third-order valence-corrected chi connectivity index (χ3v) is 3.77. The van der Waals surface area contributed by atoms with Gasteiger partial charge in [0.05, 0.1) is 0 Å². The van der Waals surface area contributed by atoms with Crippen LogP contribution in [0.2, 0.25) is 0 Å². The van der Waals surface area contributed by atoms with Crippen LogP contribution in [0, 0.1) is 5.92 Å². The molecule has 130 valence electrons. The fourth-order valence-corrected chi connectivity index (χ4v) is 2.61. The van der Waals surface area contributed by atoms with Crippen molar-refractivity contribution in [3.05, 3.63) is 35.9 Å². The molecule has 0 spiro atoms. The molecule has 1 aromatic rings. The highest BCUT2D eigenvalue weighted by atomic mass is 16.2. The Morgan fingerprint density at radius 1 is 0.750 bits per heavy atom. The van der Waals surface area contributed by atoms with Crippen molar-refractivity contribution in [1.82, 2.24) is 9.80 Å². The first kappa shape index (κ1) is 19.5. The number of imide groups is 2. The van der Waals surface area contributed by atoms with Crippen molar-refractivity contribution >= 4 is 23.6 Å². The third-order valence-electron chi connectivity index (χ3n) is 3.77. The van der Waals surface area contributed by atoms with Crippen molar-refractivity contribution in [3.8, 4) is 0 Å². The number of hydrogen-bond acceptors (Lipinski definition) is 4. The average molecular weight is 332 g/mol. The second-order valence-corrected chi connectivity index (χ2v) is 5.85. The van der Waals surface area contributed by atoms with Gasteiger partial charge in [-0.1, -0.05) is 30.3 Å². The molecule has 0 fully saturated rings. The molecule has 0 radical (unpaired) electrons. The van der Waals surface area contributed by atoms with E-state index >= 15 is 0 Å². The lowest BCUT2D eigenvalue weighted by atomic mass is 9.97. The predicted octanol–water partition coefficient (Wildman–Crippen LogP) is 1.64. The SMILES string of the molecule is CC(=O)N(CC(Cc1ccccc1)CN(C(C)=O)C(C)=O)C(C)=O. The first-order chi connectivity index (χ1) is 11.2. The minimum Gasteiger partial charge on any atom is -0.283 e. The standard InChI is InChI=1S/C18H24N2O4/c1-13(21)19(14(2)22)11-18(10-17-8-6-5-7-9-17)12-20(15(3)23)16(4)24/h5-9,18H,10-12H2,1-4H3. The van der Waals surface area contributed by atoms with E-state index in [0.717, 1.165) is 15.4 Å².